The van der Waals surface area contributed by atoms with Crippen molar-refractivity contribution in [3.63, 3.8) is 0 Å². The van der Waals surface area contributed by atoms with Crippen molar-refractivity contribution in [3.05, 3.63) is 53.4 Å². The van der Waals surface area contributed by atoms with E-state index in [1.807, 2.05) is 34.6 Å². The van der Waals surface area contributed by atoms with Gasteiger partial charge >= 0.3 is 0 Å². The lowest BCUT2D eigenvalue weighted by Gasteiger charge is -2.29. The first kappa shape index (κ1) is 16.9. The van der Waals surface area contributed by atoms with Gasteiger partial charge in [0.25, 0.3) is 0 Å². The van der Waals surface area contributed by atoms with Gasteiger partial charge in [-0.3, -0.25) is 19.4 Å². The molecule has 1 saturated carbocycles. The summed E-state index contributed by atoms with van der Waals surface area (Å²) in [7, 11) is 0. The van der Waals surface area contributed by atoms with Gasteiger partial charge in [-0.05, 0) is 37.1 Å². The van der Waals surface area contributed by atoms with E-state index in [1.54, 1.807) is 29.9 Å². The molecule has 0 bridgehead atoms. The second kappa shape index (κ2) is 7.78. The highest BCUT2D eigenvalue weighted by Gasteiger charge is 2.24. The number of carbonyl (C=O) groups excluding carboxylic acids is 1. The number of nitrogens with zero attached hydrogens (tertiary/aromatic N) is 4. The van der Waals surface area contributed by atoms with Gasteiger partial charge in [0.1, 0.15) is 0 Å². The van der Waals surface area contributed by atoms with Gasteiger partial charge < -0.3 is 5.32 Å². The highest BCUT2D eigenvalue weighted by molar-refractivity contribution is 7.10. The monoisotopic (exact) mass is 367 g/mol. The molecule has 7 heteroatoms. The third kappa shape index (κ3) is 3.99. The topological polar surface area (TPSA) is 72.7 Å². The van der Waals surface area contributed by atoms with Crippen molar-refractivity contribution in [1.29, 1.82) is 0 Å². The van der Waals surface area contributed by atoms with E-state index >= 15 is 0 Å². The van der Waals surface area contributed by atoms with Crippen molar-refractivity contribution in [3.8, 4) is 11.3 Å². The third-order valence-corrected chi connectivity index (χ3v) is 5.69. The predicted octanol–water partition coefficient (Wildman–Crippen LogP) is 3.24. The first-order chi connectivity index (χ1) is 12.8. The van der Waals surface area contributed by atoms with Crippen LogP contribution in [0, 0.1) is 0 Å². The second-order valence-corrected chi connectivity index (χ2v) is 7.66. The summed E-state index contributed by atoms with van der Waals surface area (Å²) in [5, 5.41) is 9.70. The average molecular weight is 367 g/mol. The largest absolute Gasteiger partial charge is 0.353 e. The number of hydrogen-bond acceptors (Lipinski definition) is 5. The summed E-state index contributed by atoms with van der Waals surface area (Å²) < 4.78 is 2.04. The van der Waals surface area contributed by atoms with Crippen molar-refractivity contribution >= 4 is 17.2 Å². The van der Waals surface area contributed by atoms with Crippen LogP contribution in [0.4, 0.5) is 0 Å². The molecule has 1 fully saturated rings. The number of hydrogen-bond donors (Lipinski definition) is 1. The Bertz CT molecular complexity index is 838. The van der Waals surface area contributed by atoms with Crippen LogP contribution in [0.25, 0.3) is 11.3 Å². The van der Waals surface area contributed by atoms with Crippen LogP contribution < -0.4 is 5.32 Å². The number of amides is 1. The van der Waals surface area contributed by atoms with Gasteiger partial charge in [0.05, 0.1) is 30.6 Å². The number of thiophene rings is 1. The maximum Gasteiger partial charge on any atom is 0.225 e. The summed E-state index contributed by atoms with van der Waals surface area (Å²) in [6, 6.07) is 4.64. The second-order valence-electron chi connectivity index (χ2n) is 6.63. The maximum absolute atomic E-state index is 12.2. The Hall–Kier alpha value is -2.54. The lowest BCUT2D eigenvalue weighted by Crippen LogP contribution is -2.38. The zero-order valence-electron chi connectivity index (χ0n) is 14.4. The molecule has 0 radical (unpaired) electrons. The lowest BCUT2D eigenvalue weighted by atomic mass is 9.91. The fourth-order valence-corrected chi connectivity index (χ4v) is 4.16. The van der Waals surface area contributed by atoms with Crippen molar-refractivity contribution in [2.75, 3.05) is 0 Å². The van der Waals surface area contributed by atoms with Crippen molar-refractivity contribution in [2.24, 2.45) is 0 Å². The first-order valence-corrected chi connectivity index (χ1v) is 9.78. The molecule has 3 aromatic rings. The van der Waals surface area contributed by atoms with Crippen LogP contribution in [0.3, 0.4) is 0 Å². The highest BCUT2D eigenvalue weighted by Crippen LogP contribution is 2.29. The molecule has 0 saturated heterocycles. The Morgan fingerprint density at radius 1 is 1.23 bits per heavy atom. The fraction of sp³-hybridized carbons (Fsp3) is 0.368. The van der Waals surface area contributed by atoms with Gasteiger partial charge in [-0.2, -0.15) is 5.10 Å². The molecule has 3 aromatic heterocycles. The van der Waals surface area contributed by atoms with E-state index in [0.717, 1.165) is 41.8 Å². The maximum atomic E-state index is 12.2. The lowest BCUT2D eigenvalue weighted by molar-refractivity contribution is -0.121. The molecule has 1 aliphatic rings. The quantitative estimate of drug-likeness (QED) is 0.751. The summed E-state index contributed by atoms with van der Waals surface area (Å²) in [6.07, 6.45) is 13.5. The predicted molar refractivity (Wildman–Crippen MR) is 101 cm³/mol. The molecule has 1 amide bonds. The van der Waals surface area contributed by atoms with E-state index in [1.165, 1.54) is 0 Å². The van der Waals surface area contributed by atoms with Gasteiger partial charge in [-0.15, -0.1) is 11.3 Å². The van der Waals surface area contributed by atoms with Crippen molar-refractivity contribution in [1.82, 2.24) is 25.1 Å². The standard InChI is InChI=1S/C19H21N5OS/c25-19(10-17-2-1-9-26-17)23-15-3-5-16(6-4-15)24-13-14(11-22-24)18-12-20-7-8-21-18/h1-2,7-9,11-13,15-16H,3-6,10H2,(H,23,25). The molecule has 0 aromatic carbocycles. The number of aromatic nitrogens is 4. The van der Waals surface area contributed by atoms with Crippen LogP contribution in [-0.2, 0) is 11.2 Å². The normalized spacial score (nSPS) is 20.0. The van der Waals surface area contributed by atoms with Gasteiger partial charge in [0, 0.05) is 35.1 Å². The molecule has 6 nitrogen and oxygen atoms in total. The molecule has 3 heterocycles. The number of carbonyl (C=O) groups is 1. The summed E-state index contributed by atoms with van der Waals surface area (Å²) in [5.41, 5.74) is 1.83. The van der Waals surface area contributed by atoms with Gasteiger partial charge in [0.15, 0.2) is 0 Å². The van der Waals surface area contributed by atoms with Crippen LogP contribution in [0.5, 0.6) is 0 Å². The minimum Gasteiger partial charge on any atom is -0.353 e. The van der Waals surface area contributed by atoms with Gasteiger partial charge in [-0.1, -0.05) is 6.07 Å². The average Bonchev–Trinajstić information content (AvgIpc) is 3.35. The molecule has 1 aliphatic carbocycles. The van der Waals surface area contributed by atoms with Crippen molar-refractivity contribution in [2.45, 2.75) is 44.2 Å². The summed E-state index contributed by atoms with van der Waals surface area (Å²) in [4.78, 5) is 21.7. The third-order valence-electron chi connectivity index (χ3n) is 4.81. The summed E-state index contributed by atoms with van der Waals surface area (Å²) in [6.45, 7) is 0. The molecule has 0 aliphatic heterocycles. The molecular formula is C19H21N5OS. The molecule has 0 spiro atoms. The van der Waals surface area contributed by atoms with E-state index < -0.39 is 0 Å². The number of nitrogens with one attached hydrogen (secondary N) is 1. The smallest absolute Gasteiger partial charge is 0.225 e. The Kier molecular flexibility index (Phi) is 5.06. The molecule has 134 valence electrons. The Morgan fingerprint density at radius 3 is 2.85 bits per heavy atom. The molecular weight excluding hydrogens is 346 g/mol. The van der Waals surface area contributed by atoms with Crippen LogP contribution in [0.2, 0.25) is 0 Å². The van der Waals surface area contributed by atoms with Gasteiger partial charge in [0.2, 0.25) is 5.91 Å². The van der Waals surface area contributed by atoms with E-state index in [0.29, 0.717) is 12.5 Å². The zero-order chi connectivity index (χ0) is 17.8. The van der Waals surface area contributed by atoms with Crippen molar-refractivity contribution < 1.29 is 4.79 Å². The highest BCUT2D eigenvalue weighted by atomic mass is 32.1. The Labute approximate surface area is 156 Å². The van der Waals surface area contributed by atoms with E-state index in [4.69, 9.17) is 0 Å². The minimum absolute atomic E-state index is 0.125. The molecule has 1 N–H and O–H groups in total. The summed E-state index contributed by atoms with van der Waals surface area (Å²) in [5.74, 6) is 0.125. The van der Waals surface area contributed by atoms with E-state index in [-0.39, 0.29) is 11.9 Å². The van der Waals surface area contributed by atoms with Crippen LogP contribution in [0.15, 0.2) is 48.5 Å². The van der Waals surface area contributed by atoms with Crippen LogP contribution >= 0.6 is 11.3 Å². The van der Waals surface area contributed by atoms with E-state index in [2.05, 4.69) is 20.4 Å². The molecule has 4 rings (SSSR count). The molecule has 26 heavy (non-hydrogen) atoms. The Morgan fingerprint density at radius 2 is 2.12 bits per heavy atom. The zero-order valence-corrected chi connectivity index (χ0v) is 15.2. The van der Waals surface area contributed by atoms with Crippen LogP contribution in [-0.4, -0.2) is 31.7 Å². The molecule has 0 unspecified atom stereocenters. The minimum atomic E-state index is 0.125. The number of rotatable bonds is 5. The SMILES string of the molecule is O=C(Cc1cccs1)NC1CCC(n2cc(-c3cnccn3)cn2)CC1. The summed E-state index contributed by atoms with van der Waals surface area (Å²) >= 11 is 1.63. The fourth-order valence-electron chi connectivity index (χ4n) is 3.45. The van der Waals surface area contributed by atoms with E-state index in [9.17, 15) is 4.79 Å². The van der Waals surface area contributed by atoms with Crippen LogP contribution in [0.1, 0.15) is 36.6 Å². The van der Waals surface area contributed by atoms with Gasteiger partial charge in [-0.25, -0.2) is 0 Å². The molecule has 0 atom stereocenters. The Balaban J connectivity index is 1.30. The first-order valence-electron chi connectivity index (χ1n) is 8.90.